The van der Waals surface area contributed by atoms with E-state index in [0.717, 1.165) is 41.2 Å². The van der Waals surface area contributed by atoms with Crippen LogP contribution in [-0.2, 0) is 17.9 Å². The van der Waals surface area contributed by atoms with Crippen molar-refractivity contribution in [3.63, 3.8) is 0 Å². The van der Waals surface area contributed by atoms with Crippen LogP contribution in [0.25, 0.3) is 11.2 Å². The first-order valence-corrected chi connectivity index (χ1v) is 9.16. The van der Waals surface area contributed by atoms with E-state index in [-0.39, 0.29) is 34.0 Å². The van der Waals surface area contributed by atoms with Crippen molar-refractivity contribution >= 4 is 34.4 Å². The maximum Gasteiger partial charge on any atom is 0.283 e. The van der Waals surface area contributed by atoms with Crippen LogP contribution in [0.2, 0.25) is 5.02 Å². The summed E-state index contributed by atoms with van der Waals surface area (Å²) in [6.45, 7) is -0.470. The number of rotatable bonds is 5. The Morgan fingerprint density at radius 1 is 1.06 bits per heavy atom. The molecule has 12 heteroatoms. The smallest absolute Gasteiger partial charge is 0.283 e. The Morgan fingerprint density at radius 3 is 2.52 bits per heavy atom. The number of fused-ring (bicyclic) bond motifs is 1. The lowest BCUT2D eigenvalue weighted by Gasteiger charge is -2.08. The fraction of sp³-hybridized carbons (Fsp3) is 0.105. The van der Waals surface area contributed by atoms with Gasteiger partial charge < -0.3 is 5.32 Å². The molecular formula is C19H12ClF3N6O2. The minimum absolute atomic E-state index is 0.00556. The molecule has 2 heterocycles. The minimum atomic E-state index is -0.748. The summed E-state index contributed by atoms with van der Waals surface area (Å²) >= 11 is 5.87. The lowest BCUT2D eigenvalue weighted by Crippen LogP contribution is -2.28. The van der Waals surface area contributed by atoms with E-state index in [9.17, 15) is 22.8 Å². The Balaban J connectivity index is 1.56. The summed E-state index contributed by atoms with van der Waals surface area (Å²) in [7, 11) is 0. The Bertz CT molecular complexity index is 1350. The maximum absolute atomic E-state index is 13.4. The lowest BCUT2D eigenvalue weighted by atomic mass is 10.2. The highest BCUT2D eigenvalue weighted by Crippen LogP contribution is 2.22. The Morgan fingerprint density at radius 2 is 1.81 bits per heavy atom. The van der Waals surface area contributed by atoms with Gasteiger partial charge in [0, 0.05) is 6.07 Å². The number of carbonyl (C=O) groups excluding carboxylic acids is 1. The third-order valence-electron chi connectivity index (χ3n) is 4.27. The fourth-order valence-electron chi connectivity index (χ4n) is 2.92. The molecule has 4 aromatic rings. The van der Waals surface area contributed by atoms with Crippen LogP contribution in [0, 0.1) is 17.5 Å². The van der Waals surface area contributed by atoms with E-state index >= 15 is 0 Å². The van der Waals surface area contributed by atoms with Gasteiger partial charge in [-0.05, 0) is 35.9 Å². The van der Waals surface area contributed by atoms with Gasteiger partial charge in [-0.2, -0.15) is 0 Å². The maximum atomic E-state index is 13.4. The van der Waals surface area contributed by atoms with Crippen molar-refractivity contribution in [1.29, 1.82) is 0 Å². The normalized spacial score (nSPS) is 11.1. The van der Waals surface area contributed by atoms with Crippen molar-refractivity contribution in [2.75, 3.05) is 5.32 Å². The molecule has 1 amide bonds. The number of aromatic nitrogens is 5. The predicted octanol–water partition coefficient (Wildman–Crippen LogP) is 2.75. The minimum Gasteiger partial charge on any atom is -0.323 e. The van der Waals surface area contributed by atoms with Crippen molar-refractivity contribution in [3.05, 3.63) is 81.1 Å². The third-order valence-corrected chi connectivity index (χ3v) is 4.58. The molecule has 8 nitrogen and oxygen atoms in total. The van der Waals surface area contributed by atoms with Crippen LogP contribution in [0.1, 0.15) is 5.56 Å². The van der Waals surface area contributed by atoms with Crippen LogP contribution in [0.15, 0.2) is 47.5 Å². The molecule has 0 aliphatic carbocycles. The Labute approximate surface area is 176 Å². The Kier molecular flexibility index (Phi) is 5.42. The topological polar surface area (TPSA) is 94.7 Å². The molecule has 0 saturated heterocycles. The average molecular weight is 449 g/mol. The van der Waals surface area contributed by atoms with Gasteiger partial charge in [0.25, 0.3) is 5.56 Å². The number of hydrogen-bond acceptors (Lipinski definition) is 5. The van der Waals surface area contributed by atoms with Gasteiger partial charge in [-0.1, -0.05) is 16.8 Å². The number of benzene rings is 2. The number of nitrogens with zero attached hydrogens (tertiary/aromatic N) is 5. The highest BCUT2D eigenvalue weighted by Gasteiger charge is 2.15. The van der Waals surface area contributed by atoms with Gasteiger partial charge in [0.2, 0.25) is 5.91 Å². The quantitative estimate of drug-likeness (QED) is 0.506. The van der Waals surface area contributed by atoms with E-state index in [1.54, 1.807) is 0 Å². The van der Waals surface area contributed by atoms with Crippen LogP contribution >= 0.6 is 11.6 Å². The molecule has 31 heavy (non-hydrogen) atoms. The van der Waals surface area contributed by atoms with Crippen LogP contribution in [0.4, 0.5) is 18.9 Å². The second-order valence-electron chi connectivity index (χ2n) is 6.55. The number of amides is 1. The van der Waals surface area contributed by atoms with Crippen molar-refractivity contribution in [3.8, 4) is 0 Å². The van der Waals surface area contributed by atoms with E-state index in [1.165, 1.54) is 10.7 Å². The third kappa shape index (κ3) is 4.40. The van der Waals surface area contributed by atoms with Crippen LogP contribution < -0.4 is 10.9 Å². The zero-order valence-electron chi connectivity index (χ0n) is 15.5. The summed E-state index contributed by atoms with van der Waals surface area (Å²) in [5.41, 5.74) is -0.212. The molecule has 2 aromatic heterocycles. The number of anilines is 1. The van der Waals surface area contributed by atoms with E-state index < -0.39 is 35.5 Å². The second-order valence-corrected chi connectivity index (χ2v) is 6.95. The first kappa shape index (κ1) is 20.5. The summed E-state index contributed by atoms with van der Waals surface area (Å²) in [4.78, 5) is 29.0. The summed E-state index contributed by atoms with van der Waals surface area (Å²) in [5.74, 6) is -2.65. The number of halogens is 4. The molecule has 0 atom stereocenters. The number of nitrogens with one attached hydrogen (secondary N) is 1. The number of hydrogen-bond donors (Lipinski definition) is 1. The average Bonchev–Trinajstić information content (AvgIpc) is 3.09. The molecule has 0 radical (unpaired) electrons. The first-order chi connectivity index (χ1) is 14.8. The molecule has 0 spiro atoms. The van der Waals surface area contributed by atoms with Gasteiger partial charge in [0.05, 0.1) is 17.3 Å². The van der Waals surface area contributed by atoms with E-state index in [1.807, 2.05) is 0 Å². The monoisotopic (exact) mass is 448 g/mol. The molecule has 1 N–H and O–H groups in total. The molecular weight excluding hydrogens is 437 g/mol. The molecule has 0 aliphatic heterocycles. The molecule has 0 fully saturated rings. The van der Waals surface area contributed by atoms with Gasteiger partial charge in [-0.25, -0.2) is 22.8 Å². The van der Waals surface area contributed by atoms with Crippen LogP contribution in [0.5, 0.6) is 0 Å². The van der Waals surface area contributed by atoms with E-state index in [4.69, 9.17) is 11.6 Å². The van der Waals surface area contributed by atoms with Crippen LogP contribution in [-0.4, -0.2) is 30.5 Å². The standard InChI is InChI=1S/C19H12ClF3N6O2/c20-14-6-11(21)1-2-15(14)25-16(30)8-28-9-24-18-17(19(28)31)26-27-29(18)7-10-3-12(22)5-13(23)4-10/h1-6,9H,7-8H2,(H,25,30). The molecule has 0 aliphatic rings. The van der Waals surface area contributed by atoms with E-state index in [2.05, 4.69) is 20.6 Å². The second kappa shape index (κ2) is 8.19. The van der Waals surface area contributed by atoms with E-state index in [0.29, 0.717) is 0 Å². The summed E-state index contributed by atoms with van der Waals surface area (Å²) in [6.07, 6.45) is 1.13. The highest BCUT2D eigenvalue weighted by atomic mass is 35.5. The predicted molar refractivity (Wildman–Crippen MR) is 105 cm³/mol. The zero-order valence-corrected chi connectivity index (χ0v) is 16.3. The SMILES string of the molecule is O=C(Cn1cnc2c(nnn2Cc2cc(F)cc(F)c2)c1=O)Nc1ccc(F)cc1Cl. The van der Waals surface area contributed by atoms with Gasteiger partial charge >= 0.3 is 0 Å². The summed E-state index contributed by atoms with van der Waals surface area (Å²) in [5, 5.41) is 10.1. The molecule has 158 valence electrons. The van der Waals surface area contributed by atoms with Crippen molar-refractivity contribution in [1.82, 2.24) is 24.5 Å². The van der Waals surface area contributed by atoms with Gasteiger partial charge in [-0.3, -0.25) is 14.2 Å². The summed E-state index contributed by atoms with van der Waals surface area (Å²) < 4.78 is 42.1. The fourth-order valence-corrected chi connectivity index (χ4v) is 3.13. The molecule has 0 unspecified atom stereocenters. The van der Waals surface area contributed by atoms with Gasteiger partial charge in [0.15, 0.2) is 11.2 Å². The van der Waals surface area contributed by atoms with Crippen molar-refractivity contribution in [2.24, 2.45) is 0 Å². The zero-order chi connectivity index (χ0) is 22.1. The molecule has 4 rings (SSSR count). The molecule has 2 aromatic carbocycles. The highest BCUT2D eigenvalue weighted by molar-refractivity contribution is 6.33. The Hall–Kier alpha value is -3.73. The van der Waals surface area contributed by atoms with Gasteiger partial charge in [-0.15, -0.1) is 5.10 Å². The van der Waals surface area contributed by atoms with Crippen molar-refractivity contribution in [2.45, 2.75) is 13.1 Å². The van der Waals surface area contributed by atoms with Crippen LogP contribution in [0.3, 0.4) is 0 Å². The first-order valence-electron chi connectivity index (χ1n) is 8.78. The molecule has 0 bridgehead atoms. The number of carbonyl (C=O) groups is 1. The van der Waals surface area contributed by atoms with Gasteiger partial charge in [0.1, 0.15) is 30.3 Å². The largest absolute Gasteiger partial charge is 0.323 e. The lowest BCUT2D eigenvalue weighted by molar-refractivity contribution is -0.116. The van der Waals surface area contributed by atoms with Crippen molar-refractivity contribution < 1.29 is 18.0 Å². The molecule has 0 saturated carbocycles. The summed E-state index contributed by atoms with van der Waals surface area (Å²) in [6, 6.07) is 6.46.